The third-order valence-electron chi connectivity index (χ3n) is 7.77. The van der Waals surface area contributed by atoms with E-state index in [0.29, 0.717) is 5.92 Å². The highest BCUT2D eigenvalue weighted by atomic mass is 28.3. The molecular weight excluding hydrogens is 412 g/mol. The smallest absolute Gasteiger partial charge is 0.0771 e. The molecule has 0 aliphatic heterocycles. The van der Waals surface area contributed by atoms with Crippen molar-refractivity contribution in [3.05, 3.63) is 81.1 Å². The quantitative estimate of drug-likeness (QED) is 0.343. The second kappa shape index (κ2) is 8.12. The van der Waals surface area contributed by atoms with Gasteiger partial charge in [0, 0.05) is 0 Å². The van der Waals surface area contributed by atoms with Gasteiger partial charge in [-0.1, -0.05) is 121 Å². The summed E-state index contributed by atoms with van der Waals surface area (Å²) in [6.07, 6.45) is 8.44. The largest absolute Gasteiger partial charge is 0.0812 e. The van der Waals surface area contributed by atoms with Gasteiger partial charge in [-0.25, -0.2) is 0 Å². The van der Waals surface area contributed by atoms with Crippen molar-refractivity contribution >= 4 is 8.07 Å². The lowest BCUT2D eigenvalue weighted by atomic mass is 9.80. The average molecular weight is 457 g/mol. The maximum Gasteiger partial charge on any atom is 0.0771 e. The van der Waals surface area contributed by atoms with E-state index in [9.17, 15) is 0 Å². The van der Waals surface area contributed by atoms with Crippen molar-refractivity contribution in [2.24, 2.45) is 5.92 Å². The highest BCUT2D eigenvalue weighted by Crippen LogP contribution is 2.44. The molecule has 0 heterocycles. The molecule has 0 saturated carbocycles. The molecule has 4 rings (SSSR count). The molecule has 1 atom stereocenters. The zero-order valence-electron chi connectivity index (χ0n) is 22.7. The van der Waals surface area contributed by atoms with Crippen LogP contribution in [-0.2, 0) is 23.7 Å². The SMILES string of the molecule is CC(Cc1cc(C(C)(C)C)cc2c1Cc1ccc(C(C)(C)C)cc1-2)C1=CC([Si](C)(C)C)=CC1. The number of hydrogen-bond donors (Lipinski definition) is 0. The van der Waals surface area contributed by atoms with Crippen molar-refractivity contribution in [3.63, 3.8) is 0 Å². The van der Waals surface area contributed by atoms with Crippen molar-refractivity contribution in [1.29, 1.82) is 0 Å². The molecule has 0 bridgehead atoms. The van der Waals surface area contributed by atoms with Gasteiger partial charge < -0.3 is 0 Å². The van der Waals surface area contributed by atoms with Crippen LogP contribution in [0, 0.1) is 5.92 Å². The van der Waals surface area contributed by atoms with Crippen LogP contribution in [0.1, 0.15) is 82.7 Å². The molecule has 2 aromatic carbocycles. The first-order chi connectivity index (χ1) is 15.1. The summed E-state index contributed by atoms with van der Waals surface area (Å²) in [6, 6.07) is 12.3. The molecule has 1 heteroatoms. The standard InChI is InChI=1S/C32H44Si/c1-21(22-12-14-27(17-22)33(8,9)10)15-24-16-26(32(5,6)7)20-30-28(24)18-23-11-13-25(19-29(23)30)31(2,3)4/h11,13-14,16-17,19-21H,12,15,18H2,1-10H3. The second-order valence-electron chi connectivity index (χ2n) is 13.6. The van der Waals surface area contributed by atoms with Gasteiger partial charge >= 0.3 is 0 Å². The number of fused-ring (bicyclic) bond motifs is 3. The number of allylic oxidation sites excluding steroid dienone is 4. The maximum atomic E-state index is 2.55. The Balaban J connectivity index is 1.74. The van der Waals surface area contributed by atoms with Crippen LogP contribution >= 0.6 is 0 Å². The highest BCUT2D eigenvalue weighted by Gasteiger charge is 2.28. The minimum absolute atomic E-state index is 0.149. The summed E-state index contributed by atoms with van der Waals surface area (Å²) in [5.74, 6) is 0.586. The van der Waals surface area contributed by atoms with Gasteiger partial charge in [-0.2, -0.15) is 0 Å². The lowest BCUT2D eigenvalue weighted by Crippen LogP contribution is -2.21. The Hall–Kier alpha value is -1.86. The molecule has 0 aromatic heterocycles. The Labute approximate surface area is 204 Å². The molecule has 2 aliphatic rings. The molecule has 176 valence electrons. The highest BCUT2D eigenvalue weighted by molar-refractivity contribution is 6.83. The molecule has 0 nitrogen and oxygen atoms in total. The monoisotopic (exact) mass is 456 g/mol. The topological polar surface area (TPSA) is 0 Å². The predicted molar refractivity (Wildman–Crippen MR) is 149 cm³/mol. The van der Waals surface area contributed by atoms with Gasteiger partial charge in [-0.05, 0) is 75.0 Å². The van der Waals surface area contributed by atoms with E-state index in [-0.39, 0.29) is 10.8 Å². The molecule has 2 aromatic rings. The second-order valence-corrected chi connectivity index (χ2v) is 18.7. The van der Waals surface area contributed by atoms with Crippen LogP contribution in [0.4, 0.5) is 0 Å². The zero-order valence-corrected chi connectivity index (χ0v) is 23.7. The van der Waals surface area contributed by atoms with E-state index < -0.39 is 8.07 Å². The molecule has 0 fully saturated rings. The predicted octanol–water partition coefficient (Wildman–Crippen LogP) is 9.17. The average Bonchev–Trinajstić information content (AvgIpc) is 3.31. The van der Waals surface area contributed by atoms with E-state index in [1.54, 1.807) is 21.9 Å². The van der Waals surface area contributed by atoms with Crippen molar-refractivity contribution in [2.75, 3.05) is 0 Å². The van der Waals surface area contributed by atoms with Gasteiger partial charge in [0.1, 0.15) is 0 Å². The fourth-order valence-corrected chi connectivity index (χ4v) is 6.64. The summed E-state index contributed by atoms with van der Waals surface area (Å²) in [4.78, 5) is 0. The summed E-state index contributed by atoms with van der Waals surface area (Å²) in [5, 5.41) is 1.64. The minimum Gasteiger partial charge on any atom is -0.0812 e. The Morgan fingerprint density at radius 3 is 2.06 bits per heavy atom. The molecule has 2 aliphatic carbocycles. The van der Waals surface area contributed by atoms with Crippen LogP contribution in [0.15, 0.2) is 53.3 Å². The number of rotatable bonds is 4. The van der Waals surface area contributed by atoms with Crippen LogP contribution in [0.3, 0.4) is 0 Å². The minimum atomic E-state index is -1.23. The fraction of sp³-hybridized carbons (Fsp3) is 0.500. The lowest BCUT2D eigenvalue weighted by molar-refractivity contribution is 0.586. The summed E-state index contributed by atoms with van der Waals surface area (Å²) in [5.41, 5.74) is 12.5. The Morgan fingerprint density at radius 2 is 1.48 bits per heavy atom. The Bertz CT molecular complexity index is 1140. The van der Waals surface area contributed by atoms with Gasteiger partial charge in [0.2, 0.25) is 0 Å². The summed E-state index contributed by atoms with van der Waals surface area (Å²) >= 11 is 0. The van der Waals surface area contributed by atoms with Gasteiger partial charge in [0.05, 0.1) is 8.07 Å². The Kier molecular flexibility index (Phi) is 5.97. The first kappa shape index (κ1) is 24.3. The molecule has 0 spiro atoms. The van der Waals surface area contributed by atoms with E-state index >= 15 is 0 Å². The maximum absolute atomic E-state index is 2.55. The van der Waals surface area contributed by atoms with E-state index in [1.165, 1.54) is 27.8 Å². The van der Waals surface area contributed by atoms with Gasteiger partial charge in [0.25, 0.3) is 0 Å². The molecule has 0 N–H and O–H groups in total. The van der Waals surface area contributed by atoms with Gasteiger partial charge in [-0.15, -0.1) is 0 Å². The van der Waals surface area contributed by atoms with Crippen molar-refractivity contribution in [3.8, 4) is 11.1 Å². The van der Waals surface area contributed by atoms with Crippen LogP contribution in [-0.4, -0.2) is 8.07 Å². The molecule has 1 unspecified atom stereocenters. The molecule has 33 heavy (non-hydrogen) atoms. The van der Waals surface area contributed by atoms with Crippen LogP contribution in [0.25, 0.3) is 11.1 Å². The number of benzene rings is 2. The fourth-order valence-electron chi connectivity index (χ4n) is 5.31. The lowest BCUT2D eigenvalue weighted by Gasteiger charge is -2.24. The van der Waals surface area contributed by atoms with E-state index in [2.05, 4.69) is 111 Å². The van der Waals surface area contributed by atoms with Crippen LogP contribution in [0.5, 0.6) is 0 Å². The van der Waals surface area contributed by atoms with Crippen molar-refractivity contribution in [1.82, 2.24) is 0 Å². The zero-order chi connectivity index (χ0) is 24.3. The van der Waals surface area contributed by atoms with E-state index in [4.69, 9.17) is 0 Å². The molecule has 0 saturated heterocycles. The van der Waals surface area contributed by atoms with Gasteiger partial charge in [0.15, 0.2) is 0 Å². The van der Waals surface area contributed by atoms with Crippen LogP contribution < -0.4 is 0 Å². The summed E-state index contributed by atoms with van der Waals surface area (Å²) < 4.78 is 0. The third kappa shape index (κ3) is 4.85. The normalized spacial score (nSPS) is 16.9. The van der Waals surface area contributed by atoms with Crippen molar-refractivity contribution < 1.29 is 0 Å². The van der Waals surface area contributed by atoms with Gasteiger partial charge in [-0.3, -0.25) is 0 Å². The number of hydrogen-bond acceptors (Lipinski definition) is 0. The molecular formula is C32H44Si. The van der Waals surface area contributed by atoms with Crippen LogP contribution in [0.2, 0.25) is 19.6 Å². The summed E-state index contributed by atoms with van der Waals surface area (Å²) in [6.45, 7) is 23.9. The first-order valence-electron chi connectivity index (χ1n) is 12.9. The van der Waals surface area contributed by atoms with E-state index in [0.717, 1.165) is 19.3 Å². The Morgan fingerprint density at radius 1 is 0.848 bits per heavy atom. The van der Waals surface area contributed by atoms with Crippen molar-refractivity contribution in [2.45, 2.75) is 98.2 Å². The first-order valence-corrected chi connectivity index (χ1v) is 16.4. The molecule has 0 amide bonds. The molecule has 0 radical (unpaired) electrons. The third-order valence-corrected chi connectivity index (χ3v) is 9.85. The summed E-state index contributed by atoms with van der Waals surface area (Å²) in [7, 11) is -1.23. The van der Waals surface area contributed by atoms with E-state index in [1.807, 2.05) is 0 Å².